The van der Waals surface area contributed by atoms with Gasteiger partial charge in [-0.25, -0.2) is 0 Å². The zero-order valence-corrected chi connectivity index (χ0v) is 7.25. The normalized spacial score (nSPS) is 31.1. The molecule has 1 aliphatic rings. The van der Waals surface area contributed by atoms with E-state index in [9.17, 15) is 5.11 Å². The summed E-state index contributed by atoms with van der Waals surface area (Å²) in [4.78, 5) is 0. The van der Waals surface area contributed by atoms with Crippen LogP contribution in [0, 0.1) is 5.92 Å². The molecule has 1 saturated heterocycles. The van der Waals surface area contributed by atoms with Gasteiger partial charge in [-0.15, -0.1) is 0 Å². The van der Waals surface area contributed by atoms with Gasteiger partial charge in [0.2, 0.25) is 0 Å². The summed E-state index contributed by atoms with van der Waals surface area (Å²) in [5.41, 5.74) is 0. The quantitative estimate of drug-likeness (QED) is 0.629. The van der Waals surface area contributed by atoms with Gasteiger partial charge in [0.15, 0.2) is 0 Å². The van der Waals surface area contributed by atoms with Crippen LogP contribution in [0.25, 0.3) is 0 Å². The van der Waals surface area contributed by atoms with Gasteiger partial charge in [0.05, 0.1) is 19.3 Å². The maximum Gasteiger partial charge on any atom is 0.0823 e. The molecule has 0 amide bonds. The number of aliphatic hydroxyl groups is 1. The zero-order chi connectivity index (χ0) is 8.10. The van der Waals surface area contributed by atoms with Crippen molar-refractivity contribution >= 4 is 0 Å². The summed E-state index contributed by atoms with van der Waals surface area (Å²) in [5, 5.41) is 9.36. The second-order valence-corrected chi connectivity index (χ2v) is 3.36. The highest BCUT2D eigenvalue weighted by Crippen LogP contribution is 2.19. The second-order valence-electron chi connectivity index (χ2n) is 3.36. The van der Waals surface area contributed by atoms with Crippen molar-refractivity contribution in [2.24, 2.45) is 5.92 Å². The lowest BCUT2D eigenvalue weighted by Gasteiger charge is -2.10. The van der Waals surface area contributed by atoms with Crippen molar-refractivity contribution in [2.75, 3.05) is 13.2 Å². The van der Waals surface area contributed by atoms with Crippen LogP contribution in [0.15, 0.2) is 0 Å². The number of rotatable bonds is 4. The fourth-order valence-electron chi connectivity index (χ4n) is 1.52. The van der Waals surface area contributed by atoms with E-state index in [0.29, 0.717) is 12.5 Å². The molecule has 1 N–H and O–H groups in total. The van der Waals surface area contributed by atoms with E-state index in [4.69, 9.17) is 4.74 Å². The molecule has 0 aromatic heterocycles. The summed E-state index contributed by atoms with van der Waals surface area (Å²) in [6, 6.07) is 0. The van der Waals surface area contributed by atoms with Gasteiger partial charge in [-0.2, -0.15) is 0 Å². The molecule has 0 aromatic rings. The third-order valence-electron chi connectivity index (χ3n) is 2.34. The van der Waals surface area contributed by atoms with Crippen molar-refractivity contribution in [1.82, 2.24) is 0 Å². The molecule has 11 heavy (non-hydrogen) atoms. The molecule has 0 aromatic carbocycles. The largest absolute Gasteiger partial charge is 0.390 e. The number of unbranched alkanes of at least 4 members (excludes halogenated alkanes) is 2. The average Bonchev–Trinajstić information content (AvgIpc) is 2.37. The summed E-state index contributed by atoms with van der Waals surface area (Å²) >= 11 is 0. The Labute approximate surface area is 68.6 Å². The van der Waals surface area contributed by atoms with Crippen molar-refractivity contribution in [3.05, 3.63) is 0 Å². The van der Waals surface area contributed by atoms with Crippen molar-refractivity contribution in [2.45, 2.75) is 38.7 Å². The molecule has 0 unspecified atom stereocenters. The minimum Gasteiger partial charge on any atom is -0.390 e. The minimum atomic E-state index is -0.188. The van der Waals surface area contributed by atoms with Gasteiger partial charge in [0.1, 0.15) is 0 Å². The molecule has 0 spiro atoms. The highest BCUT2D eigenvalue weighted by Gasteiger charge is 2.24. The predicted octanol–water partition coefficient (Wildman–Crippen LogP) is 1.57. The van der Waals surface area contributed by atoms with Crippen LogP contribution >= 0.6 is 0 Å². The Hall–Kier alpha value is -0.0800. The van der Waals surface area contributed by atoms with Crippen LogP contribution in [0.3, 0.4) is 0 Å². The Balaban J connectivity index is 2.05. The first kappa shape index (κ1) is 9.01. The Bertz CT molecular complexity index is 104. The van der Waals surface area contributed by atoms with Gasteiger partial charge in [-0.1, -0.05) is 26.2 Å². The predicted molar refractivity (Wildman–Crippen MR) is 44.5 cm³/mol. The summed E-state index contributed by atoms with van der Waals surface area (Å²) < 4.78 is 5.15. The molecular formula is C9H18O2. The number of ether oxygens (including phenoxy) is 1. The number of hydrogen-bond acceptors (Lipinski definition) is 2. The van der Waals surface area contributed by atoms with Crippen LogP contribution in [0.2, 0.25) is 0 Å². The smallest absolute Gasteiger partial charge is 0.0823 e. The molecule has 0 radical (unpaired) electrons. The van der Waals surface area contributed by atoms with Gasteiger partial charge in [-0.05, 0) is 6.42 Å². The van der Waals surface area contributed by atoms with E-state index in [1.165, 1.54) is 19.3 Å². The Morgan fingerprint density at radius 1 is 1.36 bits per heavy atom. The lowest BCUT2D eigenvalue weighted by molar-refractivity contribution is 0.116. The Morgan fingerprint density at radius 3 is 2.73 bits per heavy atom. The van der Waals surface area contributed by atoms with Gasteiger partial charge >= 0.3 is 0 Å². The van der Waals surface area contributed by atoms with Crippen LogP contribution in [-0.4, -0.2) is 24.4 Å². The maximum absolute atomic E-state index is 9.36. The molecular weight excluding hydrogens is 140 g/mol. The van der Waals surface area contributed by atoms with Gasteiger partial charge in [0, 0.05) is 5.92 Å². The summed E-state index contributed by atoms with van der Waals surface area (Å²) in [5.74, 6) is 0.418. The molecule has 1 aliphatic heterocycles. The molecule has 0 saturated carbocycles. The lowest BCUT2D eigenvalue weighted by Crippen LogP contribution is -2.17. The van der Waals surface area contributed by atoms with Crippen LogP contribution in [0.1, 0.15) is 32.6 Å². The molecule has 66 valence electrons. The summed E-state index contributed by atoms with van der Waals surface area (Å²) in [6.07, 6.45) is 4.72. The van der Waals surface area contributed by atoms with Gasteiger partial charge in [-0.3, -0.25) is 0 Å². The highest BCUT2D eigenvalue weighted by molar-refractivity contribution is 4.73. The average molecular weight is 158 g/mol. The van der Waals surface area contributed by atoms with E-state index < -0.39 is 0 Å². The van der Waals surface area contributed by atoms with Crippen molar-refractivity contribution in [1.29, 1.82) is 0 Å². The maximum atomic E-state index is 9.36. The van der Waals surface area contributed by atoms with Crippen molar-refractivity contribution in [3.63, 3.8) is 0 Å². The van der Waals surface area contributed by atoms with E-state index >= 15 is 0 Å². The number of hydrogen-bond donors (Lipinski definition) is 1. The monoisotopic (exact) mass is 158 g/mol. The van der Waals surface area contributed by atoms with E-state index in [2.05, 4.69) is 6.92 Å². The first-order valence-electron chi connectivity index (χ1n) is 4.60. The van der Waals surface area contributed by atoms with Crippen molar-refractivity contribution in [3.8, 4) is 0 Å². The molecule has 1 heterocycles. The third kappa shape index (κ3) is 2.80. The molecule has 1 rings (SSSR count). The topological polar surface area (TPSA) is 29.5 Å². The fraction of sp³-hybridized carbons (Fsp3) is 1.00. The summed E-state index contributed by atoms with van der Waals surface area (Å²) in [7, 11) is 0. The zero-order valence-electron chi connectivity index (χ0n) is 7.25. The fourth-order valence-corrected chi connectivity index (χ4v) is 1.52. The summed E-state index contributed by atoms with van der Waals surface area (Å²) in [6.45, 7) is 3.52. The lowest BCUT2D eigenvalue weighted by atomic mass is 9.99. The second kappa shape index (κ2) is 4.73. The molecule has 2 heteroatoms. The van der Waals surface area contributed by atoms with E-state index in [1.807, 2.05) is 0 Å². The molecule has 0 bridgehead atoms. The van der Waals surface area contributed by atoms with Gasteiger partial charge in [0.25, 0.3) is 0 Å². The Morgan fingerprint density at radius 2 is 2.18 bits per heavy atom. The standard InChI is InChI=1S/C9H18O2/c1-2-3-4-5-8-6-11-7-9(8)10/h8-10H,2-7H2,1H3/t8-,9-/m1/s1. The van der Waals surface area contributed by atoms with Crippen molar-refractivity contribution < 1.29 is 9.84 Å². The van der Waals surface area contributed by atoms with E-state index in [-0.39, 0.29) is 6.10 Å². The molecule has 0 aliphatic carbocycles. The van der Waals surface area contributed by atoms with Crippen LogP contribution < -0.4 is 0 Å². The third-order valence-corrected chi connectivity index (χ3v) is 2.34. The van der Waals surface area contributed by atoms with E-state index in [0.717, 1.165) is 13.0 Å². The first-order chi connectivity index (χ1) is 5.34. The number of aliphatic hydroxyl groups excluding tert-OH is 1. The minimum absolute atomic E-state index is 0.188. The Kier molecular flexibility index (Phi) is 3.87. The highest BCUT2D eigenvalue weighted by atomic mass is 16.5. The van der Waals surface area contributed by atoms with Crippen LogP contribution in [-0.2, 0) is 4.74 Å². The van der Waals surface area contributed by atoms with E-state index in [1.54, 1.807) is 0 Å². The molecule has 1 fully saturated rings. The first-order valence-corrected chi connectivity index (χ1v) is 4.60. The molecule has 2 nitrogen and oxygen atoms in total. The van der Waals surface area contributed by atoms with Crippen LogP contribution in [0.5, 0.6) is 0 Å². The molecule has 2 atom stereocenters. The van der Waals surface area contributed by atoms with Crippen LogP contribution in [0.4, 0.5) is 0 Å². The SMILES string of the molecule is CCCCC[C@@H]1COC[C@H]1O. The van der Waals surface area contributed by atoms with Gasteiger partial charge < -0.3 is 9.84 Å².